The zero-order chi connectivity index (χ0) is 12.8. The summed E-state index contributed by atoms with van der Waals surface area (Å²) < 4.78 is 3.32. The van der Waals surface area contributed by atoms with Crippen LogP contribution in [-0.2, 0) is 0 Å². The molecule has 0 aliphatic rings. The van der Waals surface area contributed by atoms with E-state index in [1.54, 1.807) is 11.3 Å². The number of rotatable bonds is 1. The third kappa shape index (κ3) is 1.71. The molecule has 92 valence electrons. The Morgan fingerprint density at radius 1 is 1.00 bits per heavy atom. The number of fused-ring (bicyclic) bond motifs is 3. The van der Waals surface area contributed by atoms with Crippen molar-refractivity contribution in [2.45, 2.75) is 0 Å². The predicted octanol–water partition coefficient (Wildman–Crippen LogP) is 4.98. The molecule has 0 aliphatic heterocycles. The Hall–Kier alpha value is -1.65. The summed E-state index contributed by atoms with van der Waals surface area (Å²) in [5.41, 5.74) is 4.61. The Balaban J connectivity index is 2.06. The third-order valence-electron chi connectivity index (χ3n) is 3.19. The highest BCUT2D eigenvalue weighted by atomic mass is 79.9. The zero-order valence-electron chi connectivity index (χ0n) is 9.88. The van der Waals surface area contributed by atoms with Gasteiger partial charge in [-0.1, -0.05) is 40.2 Å². The minimum atomic E-state index is 1.04. The van der Waals surface area contributed by atoms with Gasteiger partial charge in [0.1, 0.15) is 0 Å². The van der Waals surface area contributed by atoms with Crippen molar-refractivity contribution in [1.82, 2.24) is 9.38 Å². The van der Waals surface area contributed by atoms with Gasteiger partial charge in [-0.15, -0.1) is 11.3 Å². The van der Waals surface area contributed by atoms with Crippen LogP contribution in [0.15, 0.2) is 58.4 Å². The molecule has 2 heterocycles. The summed E-state index contributed by atoms with van der Waals surface area (Å²) in [5, 5.41) is 2.16. The number of imidazole rings is 1. The summed E-state index contributed by atoms with van der Waals surface area (Å²) in [5.74, 6) is 0. The second kappa shape index (κ2) is 4.18. The van der Waals surface area contributed by atoms with E-state index in [2.05, 4.69) is 73.2 Å². The third-order valence-corrected chi connectivity index (χ3v) is 4.54. The molecule has 2 nitrogen and oxygen atoms in total. The average Bonchev–Trinajstić information content (AvgIpc) is 2.98. The molecule has 0 saturated carbocycles. The molecule has 0 fully saturated rings. The van der Waals surface area contributed by atoms with E-state index in [1.165, 1.54) is 11.3 Å². The van der Waals surface area contributed by atoms with Crippen molar-refractivity contribution in [2.24, 2.45) is 0 Å². The first-order valence-electron chi connectivity index (χ1n) is 5.93. The molecule has 0 saturated heterocycles. The minimum Gasteiger partial charge on any atom is -0.283 e. The van der Waals surface area contributed by atoms with E-state index in [0.717, 1.165) is 20.5 Å². The van der Waals surface area contributed by atoms with Crippen molar-refractivity contribution >= 4 is 43.3 Å². The summed E-state index contributed by atoms with van der Waals surface area (Å²) in [6, 6.07) is 16.6. The van der Waals surface area contributed by atoms with Crippen molar-refractivity contribution in [3.8, 4) is 11.3 Å². The maximum atomic E-state index is 4.65. The Morgan fingerprint density at radius 2 is 1.79 bits per heavy atom. The summed E-state index contributed by atoms with van der Waals surface area (Å²) in [7, 11) is 0. The highest BCUT2D eigenvalue weighted by Gasteiger charge is 2.11. The van der Waals surface area contributed by atoms with Gasteiger partial charge < -0.3 is 0 Å². The Labute approximate surface area is 122 Å². The lowest BCUT2D eigenvalue weighted by Crippen LogP contribution is -1.85. The Kier molecular flexibility index (Phi) is 2.47. The molecule has 2 aromatic heterocycles. The standard InChI is InChI=1S/C15H9BrN2S/c16-11-7-5-10(6-8-11)14-9-19-15-17-12-3-1-2-4-13(12)18(14)15/h1-9H. The molecule has 19 heavy (non-hydrogen) atoms. The number of nitrogens with zero attached hydrogens (tertiary/aromatic N) is 2. The Bertz CT molecular complexity index is 874. The fourth-order valence-corrected chi connectivity index (χ4v) is 3.47. The van der Waals surface area contributed by atoms with Gasteiger partial charge in [0.05, 0.1) is 16.7 Å². The zero-order valence-corrected chi connectivity index (χ0v) is 12.3. The molecule has 0 spiro atoms. The average molecular weight is 329 g/mol. The summed E-state index contributed by atoms with van der Waals surface area (Å²) in [6.07, 6.45) is 0. The lowest BCUT2D eigenvalue weighted by molar-refractivity contribution is 1.28. The number of benzene rings is 2. The molecular weight excluding hydrogens is 320 g/mol. The van der Waals surface area contributed by atoms with Crippen LogP contribution in [0.1, 0.15) is 0 Å². The summed E-state index contributed by atoms with van der Waals surface area (Å²) in [4.78, 5) is 5.69. The van der Waals surface area contributed by atoms with E-state index in [0.29, 0.717) is 0 Å². The first-order valence-corrected chi connectivity index (χ1v) is 7.61. The number of hydrogen-bond donors (Lipinski definition) is 0. The molecule has 0 aliphatic carbocycles. The van der Waals surface area contributed by atoms with Crippen LogP contribution < -0.4 is 0 Å². The summed E-state index contributed by atoms with van der Waals surface area (Å²) in [6.45, 7) is 0. The first kappa shape index (κ1) is 11.2. The molecule has 0 radical (unpaired) electrons. The van der Waals surface area contributed by atoms with Crippen LogP contribution in [0.4, 0.5) is 0 Å². The molecule has 0 N–H and O–H groups in total. The quantitative estimate of drug-likeness (QED) is 0.481. The van der Waals surface area contributed by atoms with Crippen LogP contribution in [0.5, 0.6) is 0 Å². The van der Waals surface area contributed by atoms with Gasteiger partial charge in [-0.05, 0) is 29.8 Å². The van der Waals surface area contributed by atoms with E-state index >= 15 is 0 Å². The van der Waals surface area contributed by atoms with E-state index < -0.39 is 0 Å². The van der Waals surface area contributed by atoms with Crippen LogP contribution in [0, 0.1) is 0 Å². The highest BCUT2D eigenvalue weighted by Crippen LogP contribution is 2.30. The Morgan fingerprint density at radius 3 is 2.63 bits per heavy atom. The molecule has 0 bridgehead atoms. The van der Waals surface area contributed by atoms with Gasteiger partial charge in [0.15, 0.2) is 4.96 Å². The number of thiazole rings is 1. The summed E-state index contributed by atoms with van der Waals surface area (Å²) >= 11 is 5.15. The number of hydrogen-bond acceptors (Lipinski definition) is 2. The van der Waals surface area contributed by atoms with Crippen molar-refractivity contribution in [3.63, 3.8) is 0 Å². The van der Waals surface area contributed by atoms with E-state index in [4.69, 9.17) is 0 Å². The van der Waals surface area contributed by atoms with Crippen LogP contribution in [-0.4, -0.2) is 9.38 Å². The second-order valence-corrected chi connectivity index (χ2v) is 6.10. The maximum Gasteiger partial charge on any atom is 0.195 e. The second-order valence-electron chi connectivity index (χ2n) is 4.35. The van der Waals surface area contributed by atoms with Gasteiger partial charge in [-0.2, -0.15) is 0 Å². The smallest absolute Gasteiger partial charge is 0.195 e. The van der Waals surface area contributed by atoms with Crippen LogP contribution in [0.25, 0.3) is 27.3 Å². The molecule has 0 unspecified atom stereocenters. The van der Waals surface area contributed by atoms with Crippen LogP contribution >= 0.6 is 27.3 Å². The maximum absolute atomic E-state index is 4.65. The minimum absolute atomic E-state index is 1.04. The van der Waals surface area contributed by atoms with E-state index in [9.17, 15) is 0 Å². The molecule has 4 rings (SSSR count). The molecule has 4 aromatic rings. The molecule has 0 amide bonds. The SMILES string of the molecule is Brc1ccc(-c2csc3nc4ccccc4n23)cc1. The number of aromatic nitrogens is 2. The van der Waals surface area contributed by atoms with Gasteiger partial charge in [0, 0.05) is 9.85 Å². The van der Waals surface area contributed by atoms with Crippen LogP contribution in [0.2, 0.25) is 0 Å². The van der Waals surface area contributed by atoms with Gasteiger partial charge in [0.2, 0.25) is 0 Å². The van der Waals surface area contributed by atoms with Crippen molar-refractivity contribution in [3.05, 3.63) is 58.4 Å². The molecular formula is C15H9BrN2S. The fraction of sp³-hybridized carbons (Fsp3) is 0. The topological polar surface area (TPSA) is 17.3 Å². The largest absolute Gasteiger partial charge is 0.283 e. The lowest BCUT2D eigenvalue weighted by Gasteiger charge is -2.01. The van der Waals surface area contributed by atoms with Crippen molar-refractivity contribution < 1.29 is 0 Å². The van der Waals surface area contributed by atoms with Crippen molar-refractivity contribution in [2.75, 3.05) is 0 Å². The normalized spacial score (nSPS) is 11.4. The number of para-hydroxylation sites is 2. The molecule has 0 atom stereocenters. The van der Waals surface area contributed by atoms with Crippen molar-refractivity contribution in [1.29, 1.82) is 0 Å². The monoisotopic (exact) mass is 328 g/mol. The first-order chi connectivity index (χ1) is 9.33. The molecule has 2 aromatic carbocycles. The van der Waals surface area contributed by atoms with Gasteiger partial charge in [-0.3, -0.25) is 4.40 Å². The number of halogens is 1. The fourth-order valence-electron chi connectivity index (χ4n) is 2.29. The molecule has 4 heteroatoms. The van der Waals surface area contributed by atoms with Crippen LogP contribution in [0.3, 0.4) is 0 Å². The highest BCUT2D eigenvalue weighted by molar-refractivity contribution is 9.10. The lowest BCUT2D eigenvalue weighted by atomic mass is 10.2. The predicted molar refractivity (Wildman–Crippen MR) is 83.7 cm³/mol. The van der Waals surface area contributed by atoms with Gasteiger partial charge in [-0.25, -0.2) is 4.98 Å². The van der Waals surface area contributed by atoms with E-state index in [-0.39, 0.29) is 0 Å². The van der Waals surface area contributed by atoms with Gasteiger partial charge in [0.25, 0.3) is 0 Å². The van der Waals surface area contributed by atoms with E-state index in [1.807, 2.05) is 6.07 Å². The van der Waals surface area contributed by atoms with Gasteiger partial charge >= 0.3 is 0 Å².